The predicted molar refractivity (Wildman–Crippen MR) is 220 cm³/mol. The molecule has 244 valence electrons. The van der Waals surface area contributed by atoms with Gasteiger partial charge in [-0.15, -0.1) is 11.3 Å². The number of para-hydroxylation sites is 1. The van der Waals surface area contributed by atoms with Gasteiger partial charge in [0.25, 0.3) is 0 Å². The summed E-state index contributed by atoms with van der Waals surface area (Å²) < 4.78 is 4.98. The molecule has 52 heavy (non-hydrogen) atoms. The Morgan fingerprint density at radius 2 is 1.12 bits per heavy atom. The molecule has 3 heterocycles. The van der Waals surface area contributed by atoms with Gasteiger partial charge in [0.15, 0.2) is 0 Å². The van der Waals surface area contributed by atoms with E-state index in [4.69, 9.17) is 4.98 Å². The van der Waals surface area contributed by atoms with E-state index < -0.39 is 0 Å². The molecule has 1 atom stereocenters. The van der Waals surface area contributed by atoms with Gasteiger partial charge in [-0.1, -0.05) is 133 Å². The van der Waals surface area contributed by atoms with Crippen LogP contribution in [0.2, 0.25) is 0 Å². The van der Waals surface area contributed by atoms with E-state index in [0.717, 1.165) is 28.2 Å². The van der Waals surface area contributed by atoms with E-state index in [9.17, 15) is 0 Å². The van der Waals surface area contributed by atoms with Crippen LogP contribution in [0.25, 0.3) is 81.3 Å². The molecule has 0 aliphatic heterocycles. The molecule has 1 aliphatic rings. The van der Waals surface area contributed by atoms with Crippen molar-refractivity contribution >= 4 is 53.3 Å². The van der Waals surface area contributed by atoms with Crippen LogP contribution >= 0.6 is 11.3 Å². The van der Waals surface area contributed by atoms with Gasteiger partial charge in [-0.2, -0.15) is 0 Å². The molecule has 0 N–H and O–H groups in total. The summed E-state index contributed by atoms with van der Waals surface area (Å²) in [5.74, 6) is 0.918. The van der Waals surface area contributed by atoms with Gasteiger partial charge in [0.2, 0.25) is 0 Å². The second kappa shape index (κ2) is 11.1. The Morgan fingerprint density at radius 3 is 1.92 bits per heavy atom. The Morgan fingerprint density at radius 1 is 0.462 bits per heavy atom. The Labute approximate surface area is 305 Å². The molecule has 10 aromatic rings. The lowest BCUT2D eigenvalue weighted by molar-refractivity contribution is 0.715. The summed E-state index contributed by atoms with van der Waals surface area (Å²) in [4.78, 5) is 5.37. The number of benzene rings is 7. The molecule has 1 aliphatic carbocycles. The molecule has 0 bridgehead atoms. The number of rotatable bonds is 4. The zero-order valence-corrected chi connectivity index (χ0v) is 29.4. The van der Waals surface area contributed by atoms with Crippen LogP contribution in [-0.2, 0) is 5.41 Å². The maximum atomic E-state index is 5.37. The van der Waals surface area contributed by atoms with Crippen LogP contribution in [-0.4, -0.2) is 9.55 Å². The number of fused-ring (bicyclic) bond motifs is 9. The largest absolute Gasteiger partial charge is 0.294 e. The smallest absolute Gasteiger partial charge is 0.138 e. The fraction of sp³-hybridized carbons (Fsp3) is 0.0408. The molecule has 3 heteroatoms. The van der Waals surface area contributed by atoms with E-state index in [1.807, 2.05) is 11.3 Å². The van der Waals surface area contributed by atoms with E-state index >= 15 is 0 Å². The van der Waals surface area contributed by atoms with Crippen molar-refractivity contribution in [3.05, 3.63) is 193 Å². The molecular weight excluding hydrogens is 649 g/mol. The van der Waals surface area contributed by atoms with E-state index in [2.05, 4.69) is 187 Å². The second-order valence-corrected chi connectivity index (χ2v) is 15.2. The Bertz CT molecular complexity index is 2950. The van der Waals surface area contributed by atoms with Gasteiger partial charge in [0.05, 0.1) is 16.7 Å². The molecule has 3 aromatic heterocycles. The summed E-state index contributed by atoms with van der Waals surface area (Å²) >= 11 is 1.89. The van der Waals surface area contributed by atoms with Gasteiger partial charge in [-0.3, -0.25) is 4.57 Å². The molecule has 11 rings (SSSR count). The predicted octanol–water partition coefficient (Wildman–Crippen LogP) is 13.2. The first kappa shape index (κ1) is 29.4. The van der Waals surface area contributed by atoms with Crippen LogP contribution in [0.5, 0.6) is 0 Å². The highest BCUT2D eigenvalue weighted by Gasteiger charge is 2.41. The van der Waals surface area contributed by atoms with Crippen LogP contribution in [0.15, 0.2) is 176 Å². The fourth-order valence-electron chi connectivity index (χ4n) is 8.73. The standard InChI is InChI=1S/C49H32N2S/c1-49(34-19-9-4-10-20-34)41-23-13-11-21-35(41)37-29-46-40(28-42(37)49)39-27-38-36-22-12-14-24-44(36)51(45(38)30-47(39)52-46)48-26-33(31-15-5-2-6-16-31)25-43(50-48)32-17-7-3-8-18-32/h2-30H,1H3. The van der Waals surface area contributed by atoms with Crippen molar-refractivity contribution in [1.82, 2.24) is 9.55 Å². The number of thiophene rings is 1. The molecule has 7 aromatic carbocycles. The molecule has 0 radical (unpaired) electrons. The van der Waals surface area contributed by atoms with Crippen LogP contribution in [0.3, 0.4) is 0 Å². The van der Waals surface area contributed by atoms with E-state index in [0.29, 0.717) is 0 Å². The topological polar surface area (TPSA) is 17.8 Å². The van der Waals surface area contributed by atoms with Crippen LogP contribution in [0.4, 0.5) is 0 Å². The van der Waals surface area contributed by atoms with Crippen LogP contribution < -0.4 is 0 Å². The summed E-state index contributed by atoms with van der Waals surface area (Å²) in [6, 6.07) is 64.2. The minimum absolute atomic E-state index is 0.234. The number of pyridine rings is 1. The highest BCUT2D eigenvalue weighted by molar-refractivity contribution is 7.26. The molecule has 1 unspecified atom stereocenters. The highest BCUT2D eigenvalue weighted by Crippen LogP contribution is 2.54. The van der Waals surface area contributed by atoms with Crippen molar-refractivity contribution in [3.63, 3.8) is 0 Å². The maximum absolute atomic E-state index is 5.37. The normalized spacial score (nSPS) is 15.1. The summed E-state index contributed by atoms with van der Waals surface area (Å²) in [5.41, 5.74) is 13.2. The number of hydrogen-bond donors (Lipinski definition) is 0. The first-order chi connectivity index (χ1) is 25.6. The van der Waals surface area contributed by atoms with Gasteiger partial charge in [-0.25, -0.2) is 4.98 Å². The summed E-state index contributed by atoms with van der Waals surface area (Å²) in [5, 5.41) is 5.10. The Kier molecular flexibility index (Phi) is 6.29. The molecule has 0 amide bonds. The second-order valence-electron chi connectivity index (χ2n) is 14.1. The van der Waals surface area contributed by atoms with Crippen molar-refractivity contribution in [2.75, 3.05) is 0 Å². The summed E-state index contributed by atoms with van der Waals surface area (Å²) in [6.07, 6.45) is 0. The third-order valence-electron chi connectivity index (χ3n) is 11.3. The van der Waals surface area contributed by atoms with Crippen LogP contribution in [0, 0.1) is 0 Å². The minimum atomic E-state index is -0.234. The summed E-state index contributed by atoms with van der Waals surface area (Å²) in [7, 11) is 0. The lowest BCUT2D eigenvalue weighted by atomic mass is 9.74. The van der Waals surface area contributed by atoms with Crippen molar-refractivity contribution in [1.29, 1.82) is 0 Å². The SMILES string of the molecule is CC1(c2ccccc2)c2ccccc2-c2cc3sc4cc5c(cc4c3cc21)c1ccccc1n5-c1cc(-c2ccccc2)cc(-c2ccccc2)n1. The van der Waals surface area contributed by atoms with E-state index in [-0.39, 0.29) is 5.41 Å². The molecule has 2 nitrogen and oxygen atoms in total. The average molecular weight is 681 g/mol. The van der Waals surface area contributed by atoms with Crippen molar-refractivity contribution in [3.8, 4) is 39.3 Å². The highest BCUT2D eigenvalue weighted by atomic mass is 32.1. The fourth-order valence-corrected chi connectivity index (χ4v) is 9.88. The van der Waals surface area contributed by atoms with Crippen molar-refractivity contribution in [2.45, 2.75) is 12.3 Å². The first-order valence-corrected chi connectivity index (χ1v) is 18.7. The lowest BCUT2D eigenvalue weighted by Crippen LogP contribution is -2.22. The van der Waals surface area contributed by atoms with E-state index in [1.54, 1.807) is 0 Å². The minimum Gasteiger partial charge on any atom is -0.294 e. The van der Waals surface area contributed by atoms with Crippen molar-refractivity contribution < 1.29 is 0 Å². The molecular formula is C49H32N2S. The molecule has 0 saturated heterocycles. The molecule has 0 spiro atoms. The number of nitrogens with zero attached hydrogens (tertiary/aromatic N) is 2. The third-order valence-corrected chi connectivity index (χ3v) is 12.4. The zero-order chi connectivity index (χ0) is 34.4. The van der Waals surface area contributed by atoms with Crippen molar-refractivity contribution in [2.24, 2.45) is 0 Å². The average Bonchev–Trinajstić information content (AvgIpc) is 3.82. The van der Waals surface area contributed by atoms with Gasteiger partial charge in [-0.05, 0) is 88.3 Å². The lowest BCUT2D eigenvalue weighted by Gasteiger charge is -2.28. The quantitative estimate of drug-likeness (QED) is 0.181. The maximum Gasteiger partial charge on any atom is 0.138 e. The van der Waals surface area contributed by atoms with Gasteiger partial charge >= 0.3 is 0 Å². The molecule has 0 saturated carbocycles. The van der Waals surface area contributed by atoms with Crippen LogP contribution in [0.1, 0.15) is 23.6 Å². The first-order valence-electron chi connectivity index (χ1n) is 17.9. The molecule has 0 fully saturated rings. The van der Waals surface area contributed by atoms with Gasteiger partial charge < -0.3 is 0 Å². The third kappa shape index (κ3) is 4.20. The van der Waals surface area contributed by atoms with E-state index in [1.165, 1.54) is 69.8 Å². The van der Waals surface area contributed by atoms with Gasteiger partial charge in [0.1, 0.15) is 5.82 Å². The Balaban J connectivity index is 1.18. The summed E-state index contributed by atoms with van der Waals surface area (Å²) in [6.45, 7) is 2.40. The zero-order valence-electron chi connectivity index (χ0n) is 28.5. The Hall–Kier alpha value is -6.29. The van der Waals surface area contributed by atoms with Gasteiger partial charge in [0, 0.05) is 41.9 Å². The number of hydrogen-bond acceptors (Lipinski definition) is 2. The monoisotopic (exact) mass is 680 g/mol. The number of aromatic nitrogens is 2.